The molecular formula is C12H10FN3O2. The number of H-pyrrole nitrogens is 1. The van der Waals surface area contributed by atoms with E-state index in [9.17, 15) is 9.18 Å². The van der Waals surface area contributed by atoms with E-state index < -0.39 is 12.4 Å². The zero-order valence-electron chi connectivity index (χ0n) is 9.57. The van der Waals surface area contributed by atoms with E-state index in [2.05, 4.69) is 10.1 Å². The number of aryl methyl sites for hydroxylation is 1. The van der Waals surface area contributed by atoms with Gasteiger partial charge in [-0.25, -0.2) is 4.39 Å². The fraction of sp³-hybridized carbons (Fsp3) is 0.167. The minimum Gasteiger partial charge on any atom is -0.392 e. The Morgan fingerprint density at radius 2 is 2.22 bits per heavy atom. The first-order valence-corrected chi connectivity index (χ1v) is 5.39. The normalized spacial score (nSPS) is 11.5. The molecule has 92 valence electrons. The molecule has 6 heteroatoms. The minimum atomic E-state index is -0.602. The smallest absolute Gasteiger partial charge is 0.259 e. The SMILES string of the molecule is Cn1ncc2c(=O)[nH]c3c(F)c(CO)ccc3c21. The van der Waals surface area contributed by atoms with E-state index in [1.165, 1.54) is 16.9 Å². The molecule has 0 amide bonds. The number of nitrogens with zero attached hydrogens (tertiary/aromatic N) is 2. The van der Waals surface area contributed by atoms with Crippen molar-refractivity contribution in [2.24, 2.45) is 7.05 Å². The lowest BCUT2D eigenvalue weighted by atomic mass is 10.1. The van der Waals surface area contributed by atoms with Crippen molar-refractivity contribution in [2.75, 3.05) is 0 Å². The van der Waals surface area contributed by atoms with Crippen LogP contribution in [0.15, 0.2) is 23.1 Å². The number of rotatable bonds is 1. The van der Waals surface area contributed by atoms with Gasteiger partial charge < -0.3 is 10.1 Å². The predicted molar refractivity (Wildman–Crippen MR) is 64.7 cm³/mol. The lowest BCUT2D eigenvalue weighted by Gasteiger charge is -2.06. The number of hydrogen-bond acceptors (Lipinski definition) is 3. The van der Waals surface area contributed by atoms with Gasteiger partial charge in [-0.15, -0.1) is 0 Å². The second kappa shape index (κ2) is 3.64. The van der Waals surface area contributed by atoms with E-state index in [-0.39, 0.29) is 16.6 Å². The van der Waals surface area contributed by atoms with E-state index >= 15 is 0 Å². The summed E-state index contributed by atoms with van der Waals surface area (Å²) in [5, 5.41) is 14.0. The fourth-order valence-electron chi connectivity index (χ4n) is 2.16. The molecule has 2 N–H and O–H groups in total. The zero-order valence-corrected chi connectivity index (χ0v) is 9.57. The number of pyridine rings is 1. The van der Waals surface area contributed by atoms with Crippen LogP contribution in [0.3, 0.4) is 0 Å². The van der Waals surface area contributed by atoms with Crippen molar-refractivity contribution in [3.8, 4) is 0 Å². The number of fused-ring (bicyclic) bond motifs is 3. The van der Waals surface area contributed by atoms with Gasteiger partial charge in [-0.1, -0.05) is 12.1 Å². The van der Waals surface area contributed by atoms with E-state index in [1.54, 1.807) is 13.1 Å². The molecule has 0 atom stereocenters. The van der Waals surface area contributed by atoms with Crippen LogP contribution in [0, 0.1) is 5.82 Å². The Labute approximate surface area is 100 Å². The molecule has 3 rings (SSSR count). The van der Waals surface area contributed by atoms with Gasteiger partial charge in [-0.05, 0) is 0 Å². The summed E-state index contributed by atoms with van der Waals surface area (Å²) >= 11 is 0. The summed E-state index contributed by atoms with van der Waals surface area (Å²) in [5.74, 6) is -0.602. The van der Waals surface area contributed by atoms with Crippen molar-refractivity contribution >= 4 is 21.8 Å². The highest BCUT2D eigenvalue weighted by atomic mass is 19.1. The molecule has 0 aliphatic carbocycles. The monoisotopic (exact) mass is 247 g/mol. The molecule has 0 bridgehead atoms. The minimum absolute atomic E-state index is 0.0997. The maximum atomic E-state index is 14.1. The lowest BCUT2D eigenvalue weighted by Crippen LogP contribution is -2.08. The number of benzene rings is 1. The maximum Gasteiger partial charge on any atom is 0.259 e. The van der Waals surface area contributed by atoms with Crippen LogP contribution in [-0.2, 0) is 13.7 Å². The van der Waals surface area contributed by atoms with E-state index in [4.69, 9.17) is 5.11 Å². The van der Waals surface area contributed by atoms with Crippen molar-refractivity contribution < 1.29 is 9.50 Å². The Morgan fingerprint density at radius 3 is 2.94 bits per heavy atom. The number of aliphatic hydroxyl groups excluding tert-OH is 1. The van der Waals surface area contributed by atoms with Gasteiger partial charge in [0.25, 0.3) is 5.56 Å². The molecular weight excluding hydrogens is 237 g/mol. The van der Waals surface area contributed by atoms with Gasteiger partial charge in [0.05, 0.1) is 29.2 Å². The van der Waals surface area contributed by atoms with Crippen LogP contribution < -0.4 is 5.56 Å². The van der Waals surface area contributed by atoms with Crippen LogP contribution in [0.5, 0.6) is 0 Å². The average Bonchev–Trinajstić information content (AvgIpc) is 2.74. The predicted octanol–water partition coefficient (Wildman–Crippen LogP) is 1.05. The Morgan fingerprint density at radius 1 is 1.44 bits per heavy atom. The molecule has 0 spiro atoms. The molecule has 5 nitrogen and oxygen atoms in total. The Hall–Kier alpha value is -2.21. The van der Waals surface area contributed by atoms with Crippen molar-refractivity contribution in [2.45, 2.75) is 6.61 Å². The first-order chi connectivity index (χ1) is 8.63. The molecule has 0 radical (unpaired) electrons. The van der Waals surface area contributed by atoms with Gasteiger partial charge in [0.2, 0.25) is 0 Å². The summed E-state index contributed by atoms with van der Waals surface area (Å²) in [6.07, 6.45) is 1.45. The van der Waals surface area contributed by atoms with E-state index in [0.717, 1.165) is 0 Å². The third kappa shape index (κ3) is 1.29. The van der Waals surface area contributed by atoms with Gasteiger partial charge in [-0.2, -0.15) is 5.10 Å². The van der Waals surface area contributed by atoms with Gasteiger partial charge in [0.15, 0.2) is 5.82 Å². The Balaban J connectivity index is 2.61. The number of halogens is 1. The maximum absolute atomic E-state index is 14.1. The molecule has 0 saturated carbocycles. The van der Waals surface area contributed by atoms with Gasteiger partial charge in [0.1, 0.15) is 0 Å². The molecule has 0 saturated heterocycles. The topological polar surface area (TPSA) is 70.9 Å². The number of nitrogens with one attached hydrogen (secondary N) is 1. The van der Waals surface area contributed by atoms with E-state index in [0.29, 0.717) is 16.3 Å². The average molecular weight is 247 g/mol. The van der Waals surface area contributed by atoms with Crippen LogP contribution in [-0.4, -0.2) is 19.9 Å². The van der Waals surface area contributed by atoms with Gasteiger partial charge >= 0.3 is 0 Å². The summed E-state index contributed by atoms with van der Waals surface area (Å²) in [6.45, 7) is -0.409. The molecule has 0 aliphatic heterocycles. The Bertz CT molecular complexity index is 819. The highest BCUT2D eigenvalue weighted by Crippen LogP contribution is 2.24. The molecule has 2 aromatic heterocycles. The standard InChI is InChI=1S/C12H10FN3O2/c1-16-11-7-3-2-6(5-17)9(13)10(7)15-12(18)8(11)4-14-16/h2-4,17H,5H2,1H3,(H,15,18). The summed E-state index contributed by atoms with van der Waals surface area (Å²) in [7, 11) is 1.69. The van der Waals surface area contributed by atoms with Crippen LogP contribution in [0.4, 0.5) is 4.39 Å². The van der Waals surface area contributed by atoms with Crippen LogP contribution in [0.2, 0.25) is 0 Å². The number of hydrogen-bond donors (Lipinski definition) is 2. The van der Waals surface area contributed by atoms with Crippen LogP contribution >= 0.6 is 0 Å². The van der Waals surface area contributed by atoms with Crippen molar-refractivity contribution in [3.63, 3.8) is 0 Å². The number of aromatic nitrogens is 3. The van der Waals surface area contributed by atoms with Gasteiger partial charge in [0, 0.05) is 18.0 Å². The molecule has 0 fully saturated rings. The highest BCUT2D eigenvalue weighted by molar-refractivity contribution is 6.03. The lowest BCUT2D eigenvalue weighted by molar-refractivity contribution is 0.276. The molecule has 2 heterocycles. The summed E-state index contributed by atoms with van der Waals surface area (Å²) < 4.78 is 15.6. The largest absolute Gasteiger partial charge is 0.392 e. The van der Waals surface area contributed by atoms with Crippen molar-refractivity contribution in [1.82, 2.24) is 14.8 Å². The quantitative estimate of drug-likeness (QED) is 0.675. The summed E-state index contributed by atoms with van der Waals surface area (Å²) in [5.41, 5.74) is 0.444. The van der Waals surface area contributed by atoms with Crippen LogP contribution in [0.1, 0.15) is 5.56 Å². The molecule has 1 aromatic carbocycles. The first-order valence-electron chi connectivity index (χ1n) is 5.39. The number of aliphatic hydroxyl groups is 1. The highest BCUT2D eigenvalue weighted by Gasteiger charge is 2.14. The third-order valence-electron chi connectivity index (χ3n) is 3.07. The van der Waals surface area contributed by atoms with Gasteiger partial charge in [-0.3, -0.25) is 9.48 Å². The molecule has 3 aromatic rings. The van der Waals surface area contributed by atoms with E-state index in [1.807, 2.05) is 0 Å². The number of aromatic amines is 1. The summed E-state index contributed by atoms with van der Waals surface area (Å²) in [6, 6.07) is 3.17. The second-order valence-electron chi connectivity index (χ2n) is 4.10. The third-order valence-corrected chi connectivity index (χ3v) is 3.07. The second-order valence-corrected chi connectivity index (χ2v) is 4.10. The first kappa shape index (κ1) is 10.9. The zero-order chi connectivity index (χ0) is 12.9. The van der Waals surface area contributed by atoms with Crippen LogP contribution in [0.25, 0.3) is 21.8 Å². The van der Waals surface area contributed by atoms with Crippen molar-refractivity contribution in [3.05, 3.63) is 40.1 Å². The summed E-state index contributed by atoms with van der Waals surface area (Å²) in [4.78, 5) is 14.3. The molecule has 0 unspecified atom stereocenters. The van der Waals surface area contributed by atoms with Crippen molar-refractivity contribution in [1.29, 1.82) is 0 Å². The molecule has 0 aliphatic rings. The molecule has 18 heavy (non-hydrogen) atoms. The fourth-order valence-corrected chi connectivity index (χ4v) is 2.16. The Kier molecular flexibility index (Phi) is 2.21.